The van der Waals surface area contributed by atoms with E-state index in [1.54, 1.807) is 13.8 Å². The minimum Gasteiger partial charge on any atom is -0.545 e. The minimum absolute atomic E-state index is 0. The first-order chi connectivity index (χ1) is 9.19. The van der Waals surface area contributed by atoms with E-state index >= 15 is 0 Å². The normalized spacial score (nSPS) is 9.95. The summed E-state index contributed by atoms with van der Waals surface area (Å²) >= 11 is 0. The molecule has 0 aliphatic rings. The number of carbonyl (C=O) groups is 3. The molecule has 0 unspecified atom stereocenters. The molecule has 8 heteroatoms. The number of carboxylic acids is 2. The maximum Gasteiger partial charge on any atom is 1.00 e. The topological polar surface area (TPSA) is 107 Å². The predicted octanol–water partition coefficient (Wildman–Crippen LogP) is -6.24. The number of benzene rings is 1. The van der Waals surface area contributed by atoms with Crippen molar-refractivity contribution in [2.75, 3.05) is 0 Å². The fraction of sp³-hybridized carbons (Fsp3) is 0.357. The number of ether oxygens (including phenoxy) is 1. The number of aromatic carboxylic acids is 2. The molecule has 1 aromatic rings. The maximum atomic E-state index is 11.9. The van der Waals surface area contributed by atoms with Crippen LogP contribution in [-0.4, -0.2) is 17.9 Å². The Kier molecular flexibility index (Phi) is 10.5. The molecule has 1 rings (SSSR count). The van der Waals surface area contributed by atoms with Gasteiger partial charge in [0, 0.05) is 11.1 Å². The van der Waals surface area contributed by atoms with E-state index in [1.165, 1.54) is 6.07 Å². The molecule has 0 saturated carbocycles. The Morgan fingerprint density at radius 2 is 1.55 bits per heavy atom. The molecule has 1 aromatic carbocycles. The Hall–Kier alpha value is -0.370. The molecule has 0 aliphatic carbocycles. The van der Waals surface area contributed by atoms with Crippen molar-refractivity contribution >= 4 is 17.9 Å². The number of hydrogen-bond acceptors (Lipinski definition) is 6. The molecule has 0 spiro atoms. The molecule has 0 N–H and O–H groups in total. The quantitative estimate of drug-likeness (QED) is 0.303. The Morgan fingerprint density at radius 3 is 1.95 bits per heavy atom. The maximum absolute atomic E-state index is 11.9. The summed E-state index contributed by atoms with van der Waals surface area (Å²) in [7, 11) is 0. The third-order valence-electron chi connectivity index (χ3n) is 3.08. The summed E-state index contributed by atoms with van der Waals surface area (Å²) in [6, 6.07) is 3.13. The first kappa shape index (κ1) is 23.9. The molecule has 6 nitrogen and oxygen atoms in total. The van der Waals surface area contributed by atoms with Crippen molar-refractivity contribution in [2.45, 2.75) is 27.2 Å². The van der Waals surface area contributed by atoms with Gasteiger partial charge >= 0.3 is 65.1 Å². The molecular formula is C14H14Na2O6. The minimum atomic E-state index is -1.68. The first-order valence-corrected chi connectivity index (χ1v) is 5.98. The van der Waals surface area contributed by atoms with Crippen LogP contribution >= 0.6 is 0 Å². The van der Waals surface area contributed by atoms with Crippen LogP contribution in [0.15, 0.2) is 18.2 Å². The van der Waals surface area contributed by atoms with E-state index in [0.29, 0.717) is 6.42 Å². The average Bonchev–Trinajstić information content (AvgIpc) is 2.38. The smallest absolute Gasteiger partial charge is 0.545 e. The zero-order valence-electron chi connectivity index (χ0n) is 13.4. The van der Waals surface area contributed by atoms with E-state index in [-0.39, 0.29) is 64.9 Å². The Bertz CT molecular complexity index is 568. The molecule has 22 heavy (non-hydrogen) atoms. The predicted molar refractivity (Wildman–Crippen MR) is 64.8 cm³/mol. The van der Waals surface area contributed by atoms with Gasteiger partial charge in [-0.2, -0.15) is 0 Å². The Labute approximate surface area is 172 Å². The summed E-state index contributed by atoms with van der Waals surface area (Å²) in [5, 5.41) is 21.6. The van der Waals surface area contributed by atoms with Gasteiger partial charge in [-0.3, -0.25) is 4.79 Å². The van der Waals surface area contributed by atoms with E-state index in [4.69, 9.17) is 4.74 Å². The van der Waals surface area contributed by atoms with Crippen molar-refractivity contribution in [3.8, 4) is 5.75 Å². The largest absolute Gasteiger partial charge is 1.00 e. The number of hydrogen-bond donors (Lipinski definition) is 0. The second kappa shape index (κ2) is 9.70. The Morgan fingerprint density at radius 1 is 1.05 bits per heavy atom. The SMILES string of the molecule is CCC(C)(C)C(=O)Oc1ccc(C(=O)[O-])c(C(=O)[O-])c1.[Na+].[Na+]. The van der Waals surface area contributed by atoms with Crippen molar-refractivity contribution < 1.29 is 88.4 Å². The fourth-order valence-electron chi connectivity index (χ4n) is 1.32. The van der Waals surface area contributed by atoms with Crippen molar-refractivity contribution in [3.63, 3.8) is 0 Å². The fourth-order valence-corrected chi connectivity index (χ4v) is 1.32. The Balaban J connectivity index is 0. The molecule has 0 atom stereocenters. The molecule has 0 radical (unpaired) electrons. The molecule has 108 valence electrons. The van der Waals surface area contributed by atoms with Gasteiger partial charge in [-0.15, -0.1) is 0 Å². The van der Waals surface area contributed by atoms with E-state index in [0.717, 1.165) is 12.1 Å². The van der Waals surface area contributed by atoms with Gasteiger partial charge in [0.05, 0.1) is 17.4 Å². The number of esters is 1. The summed E-state index contributed by atoms with van der Waals surface area (Å²) in [5.41, 5.74) is -1.85. The monoisotopic (exact) mass is 324 g/mol. The van der Waals surface area contributed by atoms with Gasteiger partial charge in [-0.25, -0.2) is 0 Å². The van der Waals surface area contributed by atoms with Crippen LogP contribution in [0.4, 0.5) is 0 Å². The molecule has 0 aliphatic heterocycles. The summed E-state index contributed by atoms with van der Waals surface area (Å²) in [5.74, 6) is -3.92. The van der Waals surface area contributed by atoms with Crippen molar-refractivity contribution in [1.29, 1.82) is 0 Å². The van der Waals surface area contributed by atoms with Crippen molar-refractivity contribution in [1.82, 2.24) is 0 Å². The second-order valence-electron chi connectivity index (χ2n) is 4.91. The summed E-state index contributed by atoms with van der Waals surface area (Å²) in [6.45, 7) is 5.18. The van der Waals surface area contributed by atoms with Gasteiger partial charge in [0.15, 0.2) is 0 Å². The van der Waals surface area contributed by atoms with Crippen LogP contribution in [0.3, 0.4) is 0 Å². The van der Waals surface area contributed by atoms with Gasteiger partial charge in [-0.1, -0.05) is 6.92 Å². The summed E-state index contributed by atoms with van der Waals surface area (Å²) in [4.78, 5) is 33.5. The third-order valence-corrected chi connectivity index (χ3v) is 3.08. The number of rotatable bonds is 5. The van der Waals surface area contributed by atoms with Crippen LogP contribution in [0, 0.1) is 5.41 Å². The van der Waals surface area contributed by atoms with Gasteiger partial charge in [0.25, 0.3) is 0 Å². The molecule has 0 fully saturated rings. The van der Waals surface area contributed by atoms with Crippen LogP contribution in [0.5, 0.6) is 5.75 Å². The van der Waals surface area contributed by atoms with Crippen LogP contribution < -0.4 is 74.1 Å². The van der Waals surface area contributed by atoms with Gasteiger partial charge < -0.3 is 24.5 Å². The molecule has 0 saturated heterocycles. The van der Waals surface area contributed by atoms with Crippen LogP contribution in [0.2, 0.25) is 0 Å². The van der Waals surface area contributed by atoms with Crippen LogP contribution in [0.1, 0.15) is 47.9 Å². The van der Waals surface area contributed by atoms with E-state index in [1.807, 2.05) is 6.92 Å². The van der Waals surface area contributed by atoms with Crippen molar-refractivity contribution in [3.05, 3.63) is 29.3 Å². The summed E-state index contributed by atoms with van der Waals surface area (Å²) < 4.78 is 5.05. The van der Waals surface area contributed by atoms with Gasteiger partial charge in [0.1, 0.15) is 5.75 Å². The second-order valence-corrected chi connectivity index (χ2v) is 4.91. The molecule has 0 aromatic heterocycles. The van der Waals surface area contributed by atoms with E-state index in [9.17, 15) is 24.6 Å². The first-order valence-electron chi connectivity index (χ1n) is 5.98. The summed E-state index contributed by atoms with van der Waals surface area (Å²) in [6.07, 6.45) is 0.538. The van der Waals surface area contributed by atoms with Crippen LogP contribution in [0.25, 0.3) is 0 Å². The standard InChI is InChI=1S/C14H16O6.2Na/c1-4-14(2,3)13(19)20-8-5-6-9(11(15)16)10(7-8)12(17)18;;/h5-7H,4H2,1-3H3,(H,15,16)(H,17,18);;/q;2*+1/p-2. The number of carboxylic acid groups (broad SMARTS) is 2. The number of carbonyl (C=O) groups excluding carboxylic acids is 3. The zero-order valence-corrected chi connectivity index (χ0v) is 17.4. The van der Waals surface area contributed by atoms with Gasteiger partial charge in [-0.05, 0) is 38.5 Å². The third kappa shape index (κ3) is 6.02. The zero-order chi connectivity index (χ0) is 15.5. The van der Waals surface area contributed by atoms with E-state index in [2.05, 4.69) is 0 Å². The van der Waals surface area contributed by atoms with E-state index < -0.39 is 34.4 Å². The molecular weight excluding hydrogens is 310 g/mol. The van der Waals surface area contributed by atoms with Crippen molar-refractivity contribution in [2.24, 2.45) is 5.41 Å². The van der Waals surface area contributed by atoms with Crippen LogP contribution in [-0.2, 0) is 4.79 Å². The molecule has 0 heterocycles. The molecule has 0 amide bonds. The average molecular weight is 324 g/mol. The van der Waals surface area contributed by atoms with Gasteiger partial charge in [0.2, 0.25) is 0 Å². The molecule has 0 bridgehead atoms.